The van der Waals surface area contributed by atoms with Gasteiger partial charge in [0.2, 0.25) is 0 Å². The second kappa shape index (κ2) is 11.0. The molecular weight excluding hydrogens is 466 g/mol. The van der Waals surface area contributed by atoms with E-state index in [0.717, 1.165) is 37.4 Å². The van der Waals surface area contributed by atoms with E-state index in [9.17, 15) is 13.6 Å². The summed E-state index contributed by atoms with van der Waals surface area (Å²) in [6.07, 6.45) is 3.53. The van der Waals surface area contributed by atoms with Crippen molar-refractivity contribution in [1.82, 2.24) is 19.7 Å². The number of piperidine rings is 1. The topological polar surface area (TPSA) is 82.6 Å². The zero-order valence-corrected chi connectivity index (χ0v) is 19.8. The fourth-order valence-corrected chi connectivity index (χ4v) is 4.76. The van der Waals surface area contributed by atoms with E-state index in [1.54, 1.807) is 25.1 Å². The van der Waals surface area contributed by atoms with Crippen LogP contribution in [0.5, 0.6) is 5.75 Å². The molecule has 0 aliphatic carbocycles. The van der Waals surface area contributed by atoms with Gasteiger partial charge in [0.25, 0.3) is 0 Å². The molecule has 2 aromatic heterocycles. The molecule has 1 aromatic carbocycles. The Morgan fingerprint density at radius 3 is 2.59 bits per heavy atom. The molecule has 1 aliphatic heterocycles. The minimum Gasteiger partial charge on any atom is -0.465 e. The average Bonchev–Trinajstić information content (AvgIpc) is 3.41. The smallest absolute Gasteiger partial charge is 0.387 e. The summed E-state index contributed by atoms with van der Waals surface area (Å²) in [4.78, 5) is 14.2. The van der Waals surface area contributed by atoms with Crippen LogP contribution in [0.1, 0.15) is 47.0 Å². The number of thioether (sulfide) groups is 1. The number of carbonyl (C=O) groups excluding carboxylic acids is 1. The molecule has 0 N–H and O–H groups in total. The maximum absolute atomic E-state index is 12.6. The maximum atomic E-state index is 12.6. The highest BCUT2D eigenvalue weighted by atomic mass is 32.2. The number of furan rings is 1. The molecule has 34 heavy (non-hydrogen) atoms. The van der Waals surface area contributed by atoms with Crippen LogP contribution in [0.25, 0.3) is 5.69 Å². The molecule has 0 unspecified atom stereocenters. The molecule has 0 bridgehead atoms. The van der Waals surface area contributed by atoms with Crippen LogP contribution >= 0.6 is 11.8 Å². The van der Waals surface area contributed by atoms with Gasteiger partial charge in [0.15, 0.2) is 11.0 Å². The number of likely N-dealkylation sites (tertiary alicyclic amines) is 1. The monoisotopic (exact) mass is 492 g/mol. The number of hydrogen-bond acceptors (Lipinski definition) is 8. The van der Waals surface area contributed by atoms with Crippen molar-refractivity contribution >= 4 is 17.7 Å². The Hall–Kier alpha value is -2.92. The SMILES string of the molecule is COC(=O)c1cc(CSc2nnc(CN3CCCCC3)n2-c2ccc(OC(F)F)cc2)oc1C. The lowest BCUT2D eigenvalue weighted by atomic mass is 10.1. The molecule has 0 atom stereocenters. The van der Waals surface area contributed by atoms with E-state index >= 15 is 0 Å². The molecule has 1 saturated heterocycles. The molecule has 1 fully saturated rings. The lowest BCUT2D eigenvalue weighted by Crippen LogP contribution is -2.30. The van der Waals surface area contributed by atoms with Crippen molar-refractivity contribution in [3.8, 4) is 11.4 Å². The van der Waals surface area contributed by atoms with E-state index in [1.165, 1.54) is 37.4 Å². The summed E-state index contributed by atoms with van der Waals surface area (Å²) >= 11 is 1.41. The lowest BCUT2D eigenvalue weighted by molar-refractivity contribution is -0.0498. The minimum atomic E-state index is -2.88. The van der Waals surface area contributed by atoms with Crippen molar-refractivity contribution in [2.45, 2.75) is 50.3 Å². The quantitative estimate of drug-likeness (QED) is 0.310. The molecule has 8 nitrogen and oxygen atoms in total. The minimum absolute atomic E-state index is 0.0833. The van der Waals surface area contributed by atoms with Crippen molar-refractivity contribution in [1.29, 1.82) is 0 Å². The predicted molar refractivity (Wildman–Crippen MR) is 121 cm³/mol. The van der Waals surface area contributed by atoms with Crippen molar-refractivity contribution in [2.24, 2.45) is 0 Å². The Morgan fingerprint density at radius 1 is 1.18 bits per heavy atom. The summed E-state index contributed by atoms with van der Waals surface area (Å²) < 4.78 is 42.0. The largest absolute Gasteiger partial charge is 0.465 e. The van der Waals surface area contributed by atoms with Crippen molar-refractivity contribution < 1.29 is 27.5 Å². The maximum Gasteiger partial charge on any atom is 0.387 e. The number of aromatic nitrogens is 3. The van der Waals surface area contributed by atoms with Gasteiger partial charge in [0.05, 0.1) is 19.4 Å². The van der Waals surface area contributed by atoms with E-state index in [2.05, 4.69) is 19.8 Å². The average molecular weight is 493 g/mol. The summed E-state index contributed by atoms with van der Waals surface area (Å²) in [5.41, 5.74) is 1.13. The van der Waals surface area contributed by atoms with Crippen molar-refractivity contribution in [2.75, 3.05) is 20.2 Å². The van der Waals surface area contributed by atoms with Gasteiger partial charge in [-0.2, -0.15) is 8.78 Å². The standard InChI is InChI=1S/C23H26F2N4O4S/c1-15-19(21(30)31-2)12-18(32-15)14-34-23-27-26-20(13-28-10-4-3-5-11-28)29(23)16-6-8-17(9-7-16)33-22(24)25/h6-9,12,22H,3-5,10-11,13-14H2,1-2H3. The molecule has 1 aliphatic rings. The third kappa shape index (κ3) is 5.76. The van der Waals surface area contributed by atoms with Crippen LogP contribution in [-0.4, -0.2) is 52.4 Å². The molecule has 0 amide bonds. The van der Waals surface area contributed by atoms with Crippen molar-refractivity contribution in [3.05, 3.63) is 53.2 Å². The number of carbonyl (C=O) groups is 1. The Bertz CT molecular complexity index is 1110. The number of alkyl halides is 2. The first-order valence-electron chi connectivity index (χ1n) is 11.0. The first-order valence-corrected chi connectivity index (χ1v) is 12.0. The van der Waals surface area contributed by atoms with Gasteiger partial charge >= 0.3 is 12.6 Å². The first-order chi connectivity index (χ1) is 16.4. The van der Waals surface area contributed by atoms with Crippen LogP contribution in [0.2, 0.25) is 0 Å². The fraction of sp³-hybridized carbons (Fsp3) is 0.435. The number of esters is 1. The van der Waals surface area contributed by atoms with Crippen LogP contribution in [0.4, 0.5) is 8.78 Å². The number of benzene rings is 1. The molecule has 0 spiro atoms. The van der Waals surface area contributed by atoms with E-state index in [0.29, 0.717) is 34.5 Å². The summed E-state index contributed by atoms with van der Waals surface area (Å²) in [6, 6.07) is 8.08. The van der Waals surface area contributed by atoms with Crippen LogP contribution in [0, 0.1) is 6.92 Å². The van der Waals surface area contributed by atoms with Crippen molar-refractivity contribution in [3.63, 3.8) is 0 Å². The highest BCUT2D eigenvalue weighted by Crippen LogP contribution is 2.29. The van der Waals surface area contributed by atoms with Gasteiger partial charge in [-0.3, -0.25) is 9.47 Å². The number of aryl methyl sites for hydroxylation is 1. The van der Waals surface area contributed by atoms with E-state index < -0.39 is 12.6 Å². The van der Waals surface area contributed by atoms with E-state index in [1.807, 2.05) is 4.57 Å². The molecule has 3 heterocycles. The molecule has 0 radical (unpaired) electrons. The van der Waals surface area contributed by atoms with Gasteiger partial charge < -0.3 is 13.9 Å². The van der Waals surface area contributed by atoms with Crippen LogP contribution in [-0.2, 0) is 17.0 Å². The summed E-state index contributed by atoms with van der Waals surface area (Å²) in [5.74, 6) is 1.92. The number of rotatable bonds is 9. The highest BCUT2D eigenvalue weighted by molar-refractivity contribution is 7.98. The molecular formula is C23H26F2N4O4S. The van der Waals surface area contributed by atoms with E-state index in [-0.39, 0.29) is 5.75 Å². The Morgan fingerprint density at radius 2 is 1.91 bits per heavy atom. The Kier molecular flexibility index (Phi) is 7.84. The Labute approximate surface area is 200 Å². The molecule has 4 rings (SSSR count). The second-order valence-corrected chi connectivity index (χ2v) is 8.85. The zero-order valence-electron chi connectivity index (χ0n) is 19.0. The second-order valence-electron chi connectivity index (χ2n) is 7.91. The normalized spacial score (nSPS) is 14.5. The first kappa shape index (κ1) is 24.2. The number of hydrogen-bond donors (Lipinski definition) is 0. The van der Waals surface area contributed by atoms with Crippen LogP contribution < -0.4 is 4.74 Å². The molecule has 11 heteroatoms. The summed E-state index contributed by atoms with van der Waals surface area (Å²) in [6.45, 7) is 1.46. The molecule has 182 valence electrons. The molecule has 3 aromatic rings. The fourth-order valence-electron chi connectivity index (χ4n) is 3.91. The summed E-state index contributed by atoms with van der Waals surface area (Å²) in [5, 5.41) is 9.45. The zero-order chi connectivity index (χ0) is 24.1. The third-order valence-electron chi connectivity index (χ3n) is 5.55. The third-order valence-corrected chi connectivity index (χ3v) is 6.50. The highest BCUT2D eigenvalue weighted by Gasteiger charge is 2.21. The van der Waals surface area contributed by atoms with Crippen LogP contribution in [0.15, 0.2) is 39.9 Å². The number of nitrogens with zero attached hydrogens (tertiary/aromatic N) is 4. The van der Waals surface area contributed by atoms with Crippen LogP contribution in [0.3, 0.4) is 0 Å². The number of ether oxygens (including phenoxy) is 2. The van der Waals surface area contributed by atoms with E-state index in [4.69, 9.17) is 9.15 Å². The lowest BCUT2D eigenvalue weighted by Gasteiger charge is -2.26. The number of halogens is 2. The van der Waals surface area contributed by atoms with Gasteiger partial charge in [-0.25, -0.2) is 4.79 Å². The van der Waals surface area contributed by atoms with Gasteiger partial charge in [-0.1, -0.05) is 18.2 Å². The summed E-state index contributed by atoms with van der Waals surface area (Å²) in [7, 11) is 1.33. The molecule has 0 saturated carbocycles. The predicted octanol–water partition coefficient (Wildman–Crippen LogP) is 4.83. The Balaban J connectivity index is 1.58. The number of methoxy groups -OCH3 is 1. The van der Waals surface area contributed by atoms with Gasteiger partial charge in [0, 0.05) is 5.69 Å². The van der Waals surface area contributed by atoms with Gasteiger partial charge in [0.1, 0.15) is 22.8 Å². The van der Waals surface area contributed by atoms with Gasteiger partial charge in [-0.05, 0) is 63.2 Å². The van der Waals surface area contributed by atoms with Gasteiger partial charge in [-0.15, -0.1) is 10.2 Å².